The van der Waals surface area contributed by atoms with Crippen molar-refractivity contribution in [3.05, 3.63) is 82.9 Å². The predicted octanol–water partition coefficient (Wildman–Crippen LogP) is 5.16. The predicted molar refractivity (Wildman–Crippen MR) is 119 cm³/mol. The zero-order chi connectivity index (χ0) is 22.4. The molecule has 0 aliphatic rings. The second-order valence-corrected chi connectivity index (χ2v) is 8.50. The van der Waals surface area contributed by atoms with Crippen molar-refractivity contribution in [2.24, 2.45) is 0 Å². The maximum absolute atomic E-state index is 13.2. The number of Topliss-reactive ketones (excluding diaryl/α,β-unsaturated/α-hetero) is 1. The lowest BCUT2D eigenvalue weighted by atomic mass is 10.0. The van der Waals surface area contributed by atoms with E-state index in [2.05, 4.69) is 6.07 Å². The van der Waals surface area contributed by atoms with Crippen LogP contribution in [-0.2, 0) is 24.2 Å². The molecule has 3 aromatic carbocycles. The highest BCUT2D eigenvalue weighted by Crippen LogP contribution is 2.34. The summed E-state index contributed by atoms with van der Waals surface area (Å²) in [5, 5.41) is 19.6. The van der Waals surface area contributed by atoms with Crippen LogP contribution in [0.4, 0.5) is 0 Å². The van der Waals surface area contributed by atoms with Gasteiger partial charge in [0, 0.05) is 28.4 Å². The smallest absolute Gasteiger partial charge is 0.165 e. The first-order chi connectivity index (χ1) is 15.0. The van der Waals surface area contributed by atoms with E-state index in [0.29, 0.717) is 33.1 Å². The molecule has 0 radical (unpaired) electrons. The molecule has 0 bridgehead atoms. The zero-order valence-electron chi connectivity index (χ0n) is 17.4. The number of carbonyl (C=O) groups excluding carboxylic acids is 1. The molecule has 5 nitrogen and oxygen atoms in total. The van der Waals surface area contributed by atoms with Gasteiger partial charge in [0.25, 0.3) is 0 Å². The van der Waals surface area contributed by atoms with Crippen LogP contribution in [-0.4, -0.2) is 15.4 Å². The number of nitriles is 1. The van der Waals surface area contributed by atoms with Crippen molar-refractivity contribution >= 4 is 17.0 Å². The van der Waals surface area contributed by atoms with E-state index >= 15 is 0 Å². The molecule has 0 aliphatic carbocycles. The third kappa shape index (κ3) is 5.08. The fraction of sp³-hybridized carbons (Fsp3) is 0.200. The summed E-state index contributed by atoms with van der Waals surface area (Å²) < 4.78 is 19.2. The van der Waals surface area contributed by atoms with Crippen molar-refractivity contribution in [1.82, 2.24) is 0 Å². The Balaban J connectivity index is 1.89. The van der Waals surface area contributed by atoms with Crippen LogP contribution >= 0.6 is 0 Å². The van der Waals surface area contributed by atoms with Crippen LogP contribution in [0.3, 0.4) is 0 Å². The molecule has 0 spiro atoms. The van der Waals surface area contributed by atoms with Crippen molar-refractivity contribution in [3.8, 4) is 17.6 Å². The average molecular weight is 434 g/mol. The number of aromatic hydroxyl groups is 1. The summed E-state index contributed by atoms with van der Waals surface area (Å²) >= 11 is -1.48. The van der Waals surface area contributed by atoms with Crippen LogP contribution in [0.1, 0.15) is 47.3 Å². The summed E-state index contributed by atoms with van der Waals surface area (Å²) in [5.41, 5.74) is 2.05. The van der Waals surface area contributed by atoms with Gasteiger partial charge in [-0.15, -0.1) is 0 Å². The van der Waals surface area contributed by atoms with Gasteiger partial charge in [-0.05, 0) is 43.7 Å². The number of carbonyl (C=O) groups is 1. The molecule has 31 heavy (non-hydrogen) atoms. The van der Waals surface area contributed by atoms with E-state index in [-0.39, 0.29) is 23.7 Å². The van der Waals surface area contributed by atoms with Crippen LogP contribution in [0.2, 0.25) is 0 Å². The quantitative estimate of drug-likeness (QED) is 0.391. The van der Waals surface area contributed by atoms with Gasteiger partial charge in [0.15, 0.2) is 15.6 Å². The highest BCUT2D eigenvalue weighted by atomic mass is 32.2. The lowest BCUT2D eigenvalue weighted by Gasteiger charge is -2.17. The van der Waals surface area contributed by atoms with Gasteiger partial charge in [0.1, 0.15) is 18.1 Å². The molecule has 0 aliphatic heterocycles. The van der Waals surface area contributed by atoms with E-state index < -0.39 is 11.2 Å². The molecule has 1 N–H and O–H groups in total. The molecule has 0 saturated carbocycles. The first-order valence-corrected chi connectivity index (χ1v) is 11.1. The molecule has 0 aromatic heterocycles. The number of ether oxygens (including phenoxy) is 1. The lowest BCUT2D eigenvalue weighted by molar-refractivity contribution is 0.101. The van der Waals surface area contributed by atoms with Crippen molar-refractivity contribution in [3.63, 3.8) is 0 Å². The molecule has 3 aromatic rings. The highest BCUT2D eigenvalue weighted by Gasteiger charge is 2.21. The van der Waals surface area contributed by atoms with E-state index in [1.165, 1.54) is 6.92 Å². The van der Waals surface area contributed by atoms with Crippen LogP contribution in [0, 0.1) is 11.3 Å². The summed E-state index contributed by atoms with van der Waals surface area (Å²) in [7, 11) is 0. The highest BCUT2D eigenvalue weighted by molar-refractivity contribution is 7.91. The van der Waals surface area contributed by atoms with Crippen LogP contribution in [0.25, 0.3) is 0 Å². The molecule has 1 atom stereocenters. The van der Waals surface area contributed by atoms with Gasteiger partial charge < -0.3 is 14.4 Å². The van der Waals surface area contributed by atoms with Crippen LogP contribution < -0.4 is 4.74 Å². The van der Waals surface area contributed by atoms with Gasteiger partial charge in [-0.3, -0.25) is 4.79 Å². The summed E-state index contributed by atoms with van der Waals surface area (Å²) in [6.45, 7) is 3.55. The average Bonchev–Trinajstić information content (AvgIpc) is 2.79. The largest absolute Gasteiger partial charge is 0.606 e. The zero-order valence-corrected chi connectivity index (χ0v) is 18.2. The Morgan fingerprint density at radius 2 is 1.94 bits per heavy atom. The standard InChI is InChI=1S/C25H23NO4S/c1-3-7-22-23(13-12-21(17(2)27)25(22)28)30-16-19-9-4-5-11-24(19)31(29)20-10-6-8-18(14-20)15-26/h4-6,8-14,28H,3,7,16H2,1-2H3. The number of nitrogens with zero attached hydrogens (tertiary/aromatic N) is 1. The summed E-state index contributed by atoms with van der Waals surface area (Å²) in [6.07, 6.45) is 1.35. The van der Waals surface area contributed by atoms with E-state index in [9.17, 15) is 14.5 Å². The van der Waals surface area contributed by atoms with Crippen molar-refractivity contribution in [1.29, 1.82) is 5.26 Å². The third-order valence-electron chi connectivity index (χ3n) is 4.85. The molecule has 0 saturated heterocycles. The molecule has 0 fully saturated rings. The Kier molecular flexibility index (Phi) is 7.35. The van der Waals surface area contributed by atoms with Gasteiger partial charge in [-0.2, -0.15) is 5.26 Å². The van der Waals surface area contributed by atoms with Gasteiger partial charge in [0.2, 0.25) is 0 Å². The van der Waals surface area contributed by atoms with Crippen molar-refractivity contribution in [2.45, 2.75) is 43.1 Å². The van der Waals surface area contributed by atoms with Crippen molar-refractivity contribution < 1.29 is 19.2 Å². The maximum Gasteiger partial charge on any atom is 0.165 e. The number of hydrogen-bond acceptors (Lipinski definition) is 5. The molecule has 0 amide bonds. The minimum Gasteiger partial charge on any atom is -0.606 e. The SMILES string of the molecule is CCCc1c(OCc2ccccc2[S+]([O-])c2cccc(C#N)c2)ccc(C(C)=O)c1O. The van der Waals surface area contributed by atoms with Gasteiger partial charge >= 0.3 is 0 Å². The molecule has 158 valence electrons. The monoisotopic (exact) mass is 433 g/mol. The Hall–Kier alpha value is -3.27. The molecule has 1 unspecified atom stereocenters. The summed E-state index contributed by atoms with van der Waals surface area (Å²) in [6, 6.07) is 19.3. The third-order valence-corrected chi connectivity index (χ3v) is 6.33. The van der Waals surface area contributed by atoms with E-state index in [1.807, 2.05) is 19.1 Å². The van der Waals surface area contributed by atoms with Gasteiger partial charge in [0.05, 0.1) is 17.2 Å². The first kappa shape index (κ1) is 22.4. The van der Waals surface area contributed by atoms with Crippen LogP contribution in [0.15, 0.2) is 70.5 Å². The lowest BCUT2D eigenvalue weighted by Crippen LogP contribution is -2.09. The molecule has 3 rings (SSSR count). The maximum atomic E-state index is 13.2. The molecule has 0 heterocycles. The number of ketones is 1. The number of phenols is 1. The Morgan fingerprint density at radius 1 is 1.16 bits per heavy atom. The number of benzene rings is 3. The number of rotatable bonds is 8. The Morgan fingerprint density at radius 3 is 2.65 bits per heavy atom. The van der Waals surface area contributed by atoms with Gasteiger partial charge in [-0.25, -0.2) is 0 Å². The number of phenolic OH excluding ortho intramolecular Hbond substituents is 1. The Bertz CT molecular complexity index is 1140. The second kappa shape index (κ2) is 10.2. The summed E-state index contributed by atoms with van der Waals surface area (Å²) in [5.74, 6) is 0.246. The molecular weight excluding hydrogens is 410 g/mol. The van der Waals surface area contributed by atoms with E-state index in [0.717, 1.165) is 12.0 Å². The second-order valence-electron chi connectivity index (χ2n) is 7.05. The number of hydrogen-bond donors (Lipinski definition) is 1. The van der Waals surface area contributed by atoms with Crippen LogP contribution in [0.5, 0.6) is 11.5 Å². The Labute approximate surface area is 185 Å². The molecule has 6 heteroatoms. The molecular formula is C25H23NO4S. The van der Waals surface area contributed by atoms with Gasteiger partial charge in [-0.1, -0.05) is 37.6 Å². The minimum atomic E-state index is -1.48. The fourth-order valence-electron chi connectivity index (χ4n) is 3.30. The first-order valence-electron chi connectivity index (χ1n) is 9.94. The van der Waals surface area contributed by atoms with E-state index in [4.69, 9.17) is 10.00 Å². The summed E-state index contributed by atoms with van der Waals surface area (Å²) in [4.78, 5) is 12.9. The normalized spacial score (nSPS) is 11.5. The van der Waals surface area contributed by atoms with Crippen molar-refractivity contribution in [2.75, 3.05) is 0 Å². The fourth-order valence-corrected chi connectivity index (χ4v) is 4.55. The topological polar surface area (TPSA) is 93.4 Å². The van der Waals surface area contributed by atoms with E-state index in [1.54, 1.807) is 48.5 Å². The minimum absolute atomic E-state index is 0.0444.